The van der Waals surface area contributed by atoms with Crippen LogP contribution in [0.5, 0.6) is 0 Å². The maximum atomic E-state index is 11.9. The fraction of sp³-hybridized carbons (Fsp3) is 0.353. The predicted octanol–water partition coefficient (Wildman–Crippen LogP) is 3.34. The van der Waals surface area contributed by atoms with Crippen LogP contribution in [0.15, 0.2) is 24.5 Å². The van der Waals surface area contributed by atoms with Gasteiger partial charge in [0.2, 0.25) is 0 Å². The molecule has 2 aromatic heterocycles. The van der Waals surface area contributed by atoms with Gasteiger partial charge in [0.05, 0.1) is 5.69 Å². The number of carbonyl (C=O) groups excluding carboxylic acids is 1. The number of hydrogen-bond donors (Lipinski definition) is 2. The number of nitrogens with one attached hydrogen (secondary N) is 2. The quantitative estimate of drug-likeness (QED) is 0.578. The Balaban J connectivity index is 1.76. The van der Waals surface area contributed by atoms with Crippen molar-refractivity contribution in [3.8, 4) is 11.8 Å². The topological polar surface area (TPSA) is 76.1 Å². The zero-order valence-corrected chi connectivity index (χ0v) is 15.2. The number of carbonyl (C=O) groups is 1. The van der Waals surface area contributed by atoms with Crippen molar-refractivity contribution in [2.45, 2.75) is 19.5 Å². The Bertz CT molecular complexity index is 813. The number of amides is 2. The van der Waals surface area contributed by atoms with Crippen LogP contribution < -0.4 is 10.6 Å². The number of aryl methyl sites for hydroxylation is 1. The number of ether oxygens (including phenoxy) is 1. The fourth-order valence-corrected chi connectivity index (χ4v) is 2.65. The molecule has 2 rings (SSSR count). The van der Waals surface area contributed by atoms with Crippen molar-refractivity contribution in [2.75, 3.05) is 25.1 Å². The average molecular weight is 398 g/mol. The minimum absolute atomic E-state index is 0.0924. The lowest BCUT2D eigenvalue weighted by atomic mass is 10.2. The second kappa shape index (κ2) is 9.89. The number of alkyl halides is 3. The van der Waals surface area contributed by atoms with Crippen molar-refractivity contribution in [1.82, 2.24) is 15.3 Å². The summed E-state index contributed by atoms with van der Waals surface area (Å²) in [4.78, 5) is 20.7. The Hall–Kier alpha value is -2.64. The highest BCUT2D eigenvalue weighted by atomic mass is 32.1. The summed E-state index contributed by atoms with van der Waals surface area (Å²) in [5.41, 5.74) is 1.51. The van der Waals surface area contributed by atoms with Gasteiger partial charge in [0.25, 0.3) is 0 Å². The molecule has 0 fully saturated rings. The van der Waals surface area contributed by atoms with Crippen molar-refractivity contribution in [3.63, 3.8) is 0 Å². The van der Waals surface area contributed by atoms with Crippen LogP contribution >= 0.6 is 11.3 Å². The molecule has 0 aliphatic rings. The van der Waals surface area contributed by atoms with E-state index in [4.69, 9.17) is 0 Å². The van der Waals surface area contributed by atoms with Crippen LogP contribution in [0.4, 0.5) is 23.1 Å². The van der Waals surface area contributed by atoms with Crippen LogP contribution in [-0.4, -0.2) is 41.9 Å². The Morgan fingerprint density at radius 2 is 2.04 bits per heavy atom. The molecule has 0 aliphatic carbocycles. The van der Waals surface area contributed by atoms with Gasteiger partial charge in [0.1, 0.15) is 11.5 Å². The van der Waals surface area contributed by atoms with E-state index < -0.39 is 18.8 Å². The van der Waals surface area contributed by atoms with Crippen LogP contribution in [0.25, 0.3) is 0 Å². The molecule has 10 heteroatoms. The van der Waals surface area contributed by atoms with Gasteiger partial charge in [-0.2, -0.15) is 13.2 Å². The van der Waals surface area contributed by atoms with E-state index in [2.05, 4.69) is 37.2 Å². The molecule has 0 aromatic carbocycles. The van der Waals surface area contributed by atoms with E-state index in [0.29, 0.717) is 10.8 Å². The predicted molar refractivity (Wildman–Crippen MR) is 95.6 cm³/mol. The number of hydrogen-bond acceptors (Lipinski definition) is 5. The van der Waals surface area contributed by atoms with Crippen molar-refractivity contribution >= 4 is 22.5 Å². The third-order valence-corrected chi connectivity index (χ3v) is 4.02. The van der Waals surface area contributed by atoms with Crippen LogP contribution in [0.2, 0.25) is 0 Å². The highest BCUT2D eigenvalue weighted by Crippen LogP contribution is 2.21. The SMILES string of the molecule is Cc1nc(NC(=O)NCCCOCC(F)(F)F)sc1C#Cc1ccncc1. The first-order valence-corrected chi connectivity index (χ1v) is 8.74. The molecule has 27 heavy (non-hydrogen) atoms. The van der Waals surface area contributed by atoms with Crippen molar-refractivity contribution in [2.24, 2.45) is 0 Å². The summed E-state index contributed by atoms with van der Waals surface area (Å²) < 4.78 is 40.1. The van der Waals surface area contributed by atoms with E-state index in [1.54, 1.807) is 31.5 Å². The van der Waals surface area contributed by atoms with Crippen LogP contribution in [0, 0.1) is 18.8 Å². The lowest BCUT2D eigenvalue weighted by Gasteiger charge is -2.08. The third-order valence-electron chi connectivity index (χ3n) is 3.03. The van der Waals surface area contributed by atoms with Gasteiger partial charge >= 0.3 is 12.2 Å². The van der Waals surface area contributed by atoms with E-state index in [-0.39, 0.29) is 19.6 Å². The number of thiazole rings is 1. The zero-order valence-electron chi connectivity index (χ0n) is 14.4. The maximum absolute atomic E-state index is 11.9. The lowest BCUT2D eigenvalue weighted by molar-refractivity contribution is -0.173. The summed E-state index contributed by atoms with van der Waals surface area (Å²) in [7, 11) is 0. The fourth-order valence-electron chi connectivity index (χ4n) is 1.84. The normalized spacial score (nSPS) is 10.8. The van der Waals surface area contributed by atoms with Crippen molar-refractivity contribution < 1.29 is 22.7 Å². The molecule has 2 amide bonds. The number of anilines is 1. The smallest absolute Gasteiger partial charge is 0.372 e. The first kappa shape index (κ1) is 20.7. The van der Waals surface area contributed by atoms with Gasteiger partial charge < -0.3 is 10.1 Å². The van der Waals surface area contributed by atoms with E-state index in [1.165, 1.54) is 11.3 Å². The molecule has 2 heterocycles. The number of aromatic nitrogens is 2. The Labute approximate surface area is 158 Å². The summed E-state index contributed by atoms with van der Waals surface area (Å²) in [5.74, 6) is 5.99. The molecule has 0 atom stereocenters. The summed E-state index contributed by atoms with van der Waals surface area (Å²) in [6.07, 6.45) is -0.779. The zero-order chi connectivity index (χ0) is 19.7. The van der Waals surface area contributed by atoms with Crippen molar-refractivity contribution in [3.05, 3.63) is 40.7 Å². The van der Waals surface area contributed by atoms with Gasteiger partial charge in [0.15, 0.2) is 5.13 Å². The minimum atomic E-state index is -4.34. The first-order chi connectivity index (χ1) is 12.8. The van der Waals surface area contributed by atoms with Crippen molar-refractivity contribution in [1.29, 1.82) is 0 Å². The lowest BCUT2D eigenvalue weighted by Crippen LogP contribution is -2.30. The van der Waals surface area contributed by atoms with Crippen LogP contribution in [-0.2, 0) is 4.74 Å². The van der Waals surface area contributed by atoms with E-state index in [1.807, 2.05) is 0 Å². The molecule has 0 radical (unpaired) electrons. The summed E-state index contributed by atoms with van der Waals surface area (Å²) in [5, 5.41) is 5.49. The van der Waals surface area contributed by atoms with Crippen LogP contribution in [0.3, 0.4) is 0 Å². The highest BCUT2D eigenvalue weighted by molar-refractivity contribution is 7.16. The summed E-state index contributed by atoms with van der Waals surface area (Å²) in [6.45, 7) is 0.586. The molecule has 0 unspecified atom stereocenters. The monoisotopic (exact) mass is 398 g/mol. The van der Waals surface area contributed by atoms with E-state index in [9.17, 15) is 18.0 Å². The standard InChI is InChI=1S/C17H17F3N4O2S/c1-12-14(4-3-13-5-8-21-9-6-13)27-16(23-12)24-15(25)22-7-2-10-26-11-17(18,19)20/h5-6,8-9H,2,7,10-11H2,1H3,(H2,22,23,24,25). The Kier molecular flexibility index (Phi) is 7.57. The van der Waals surface area contributed by atoms with Gasteiger partial charge in [-0.25, -0.2) is 9.78 Å². The number of rotatable bonds is 6. The molecule has 2 N–H and O–H groups in total. The Morgan fingerprint density at radius 3 is 2.74 bits per heavy atom. The largest absolute Gasteiger partial charge is 0.411 e. The maximum Gasteiger partial charge on any atom is 0.411 e. The molecule has 0 bridgehead atoms. The van der Waals surface area contributed by atoms with Gasteiger partial charge in [-0.15, -0.1) is 0 Å². The molecular formula is C17H17F3N4O2S. The molecular weight excluding hydrogens is 381 g/mol. The molecule has 144 valence electrons. The van der Waals surface area contributed by atoms with E-state index >= 15 is 0 Å². The second-order valence-electron chi connectivity index (χ2n) is 5.32. The second-order valence-corrected chi connectivity index (χ2v) is 6.32. The van der Waals surface area contributed by atoms with Gasteiger partial charge in [-0.1, -0.05) is 17.3 Å². The first-order valence-electron chi connectivity index (χ1n) is 7.92. The summed E-state index contributed by atoms with van der Waals surface area (Å²) in [6, 6.07) is 3.08. The Morgan fingerprint density at radius 1 is 1.30 bits per heavy atom. The molecule has 6 nitrogen and oxygen atoms in total. The molecule has 0 saturated carbocycles. The van der Waals surface area contributed by atoms with Gasteiger partial charge in [-0.3, -0.25) is 10.3 Å². The van der Waals surface area contributed by atoms with Gasteiger partial charge in [-0.05, 0) is 31.4 Å². The van der Waals surface area contributed by atoms with Crippen LogP contribution in [0.1, 0.15) is 22.6 Å². The number of urea groups is 1. The third kappa shape index (κ3) is 8.06. The van der Waals surface area contributed by atoms with Gasteiger partial charge in [0, 0.05) is 31.1 Å². The van der Waals surface area contributed by atoms with E-state index in [0.717, 1.165) is 10.4 Å². The minimum Gasteiger partial charge on any atom is -0.372 e. The molecule has 0 saturated heterocycles. The average Bonchev–Trinajstić information content (AvgIpc) is 2.95. The molecule has 2 aromatic rings. The number of pyridine rings is 1. The molecule has 0 aliphatic heterocycles. The molecule has 0 spiro atoms. The highest BCUT2D eigenvalue weighted by Gasteiger charge is 2.27. The number of halogens is 3. The number of nitrogens with zero attached hydrogens (tertiary/aromatic N) is 2. The summed E-state index contributed by atoms with van der Waals surface area (Å²) >= 11 is 1.24.